The number of ether oxygens (including phenoxy) is 1. The van der Waals surface area contributed by atoms with E-state index in [9.17, 15) is 18.0 Å². The van der Waals surface area contributed by atoms with E-state index in [0.29, 0.717) is 37.5 Å². The first kappa shape index (κ1) is 25.6. The number of carbonyl (C=O) groups excluding carboxylic acids is 1. The Morgan fingerprint density at radius 3 is 2.76 bits per heavy atom. The van der Waals surface area contributed by atoms with Gasteiger partial charge in [-0.3, -0.25) is 14.7 Å². The molecule has 198 valence electrons. The number of nitrogen functional groups attached to an aromatic ring is 1. The van der Waals surface area contributed by atoms with E-state index in [4.69, 9.17) is 10.5 Å². The van der Waals surface area contributed by atoms with E-state index >= 15 is 0 Å². The van der Waals surface area contributed by atoms with Crippen LogP contribution >= 0.6 is 0 Å². The molecular formula is C26H26F3N7O2. The monoisotopic (exact) mass is 525 g/mol. The number of morpholine rings is 1. The van der Waals surface area contributed by atoms with Crippen LogP contribution < -0.4 is 11.1 Å². The summed E-state index contributed by atoms with van der Waals surface area (Å²) in [6.45, 7) is 4.74. The Bertz CT molecular complexity index is 1460. The van der Waals surface area contributed by atoms with Crippen LogP contribution in [0.5, 0.6) is 0 Å². The SMILES string of the molecule is Cc1ncc(-c2cc(C(F)(F)F)c3c(N)ncnn23)cc1C(=O)NCCN1CCOC(c2ccccc2)C1. The molecule has 0 saturated carbocycles. The average Bonchev–Trinajstić information content (AvgIpc) is 3.31. The molecule has 3 aromatic heterocycles. The van der Waals surface area contributed by atoms with Gasteiger partial charge in [-0.25, -0.2) is 9.50 Å². The summed E-state index contributed by atoms with van der Waals surface area (Å²) in [5.41, 5.74) is 6.65. The van der Waals surface area contributed by atoms with Gasteiger partial charge in [-0.15, -0.1) is 0 Å². The fourth-order valence-electron chi connectivity index (χ4n) is 4.59. The number of anilines is 1. The lowest BCUT2D eigenvalue weighted by atomic mass is 10.1. The Labute approximate surface area is 216 Å². The van der Waals surface area contributed by atoms with Crippen molar-refractivity contribution >= 4 is 17.2 Å². The van der Waals surface area contributed by atoms with E-state index in [1.807, 2.05) is 30.3 Å². The van der Waals surface area contributed by atoms with Crippen molar-refractivity contribution in [3.05, 3.63) is 77.4 Å². The normalized spacial score (nSPS) is 16.6. The topological polar surface area (TPSA) is 111 Å². The maximum absolute atomic E-state index is 13.7. The fraction of sp³-hybridized carbons (Fsp3) is 0.308. The predicted molar refractivity (Wildman–Crippen MR) is 134 cm³/mol. The van der Waals surface area contributed by atoms with Crippen LogP contribution in [-0.2, 0) is 10.9 Å². The third kappa shape index (κ3) is 5.18. The highest BCUT2D eigenvalue weighted by Crippen LogP contribution is 2.38. The number of carbonyl (C=O) groups is 1. The van der Waals surface area contributed by atoms with Crippen LogP contribution in [0.3, 0.4) is 0 Å². The van der Waals surface area contributed by atoms with E-state index < -0.39 is 11.7 Å². The van der Waals surface area contributed by atoms with Crippen molar-refractivity contribution < 1.29 is 22.7 Å². The molecule has 1 atom stereocenters. The molecule has 1 unspecified atom stereocenters. The van der Waals surface area contributed by atoms with Crippen molar-refractivity contribution in [3.8, 4) is 11.3 Å². The Balaban J connectivity index is 1.31. The van der Waals surface area contributed by atoms with Crippen molar-refractivity contribution in [1.82, 2.24) is 29.8 Å². The summed E-state index contributed by atoms with van der Waals surface area (Å²) in [6.07, 6.45) is -2.21. The number of nitrogens with two attached hydrogens (primary N) is 1. The Morgan fingerprint density at radius 1 is 1.21 bits per heavy atom. The number of rotatable bonds is 6. The molecule has 1 amide bonds. The molecule has 1 saturated heterocycles. The number of nitrogens with zero attached hydrogens (tertiary/aromatic N) is 5. The summed E-state index contributed by atoms with van der Waals surface area (Å²) >= 11 is 0. The molecule has 12 heteroatoms. The number of amides is 1. The quantitative estimate of drug-likeness (QED) is 0.396. The first-order chi connectivity index (χ1) is 18.2. The first-order valence-corrected chi connectivity index (χ1v) is 12.1. The molecule has 9 nitrogen and oxygen atoms in total. The number of fused-ring (bicyclic) bond motifs is 1. The van der Waals surface area contributed by atoms with Crippen LogP contribution in [0.15, 0.2) is 55.0 Å². The van der Waals surface area contributed by atoms with Crippen LogP contribution in [0.25, 0.3) is 16.8 Å². The Hall–Kier alpha value is -4.03. The number of benzene rings is 1. The Kier molecular flexibility index (Phi) is 7.00. The number of aryl methyl sites for hydroxylation is 1. The molecule has 5 rings (SSSR count). The van der Waals surface area contributed by atoms with Gasteiger partial charge >= 0.3 is 6.18 Å². The second-order valence-electron chi connectivity index (χ2n) is 9.03. The lowest BCUT2D eigenvalue weighted by Crippen LogP contribution is -2.42. The summed E-state index contributed by atoms with van der Waals surface area (Å²) in [6, 6.07) is 12.4. The van der Waals surface area contributed by atoms with Crippen molar-refractivity contribution in [3.63, 3.8) is 0 Å². The highest BCUT2D eigenvalue weighted by molar-refractivity contribution is 5.96. The van der Waals surface area contributed by atoms with E-state index in [1.54, 1.807) is 6.92 Å². The number of aromatic nitrogens is 4. The maximum Gasteiger partial charge on any atom is 0.418 e. The number of hydrogen-bond donors (Lipinski definition) is 2. The van der Waals surface area contributed by atoms with Crippen molar-refractivity contribution in [2.75, 3.05) is 38.5 Å². The molecule has 1 aliphatic heterocycles. The second kappa shape index (κ2) is 10.4. The lowest BCUT2D eigenvalue weighted by molar-refractivity contribution is -0.136. The number of pyridine rings is 1. The van der Waals surface area contributed by atoms with Gasteiger partial charge in [0.2, 0.25) is 0 Å². The Morgan fingerprint density at radius 2 is 2.00 bits per heavy atom. The van der Waals surface area contributed by atoms with Crippen LogP contribution in [0, 0.1) is 6.92 Å². The minimum Gasteiger partial charge on any atom is -0.382 e. The van der Waals surface area contributed by atoms with Gasteiger partial charge in [-0.2, -0.15) is 18.3 Å². The molecule has 4 aromatic rings. The minimum absolute atomic E-state index is 0.0277. The van der Waals surface area contributed by atoms with Gasteiger partial charge in [0.05, 0.1) is 35.2 Å². The van der Waals surface area contributed by atoms with E-state index in [0.717, 1.165) is 29.0 Å². The summed E-state index contributed by atoms with van der Waals surface area (Å²) < 4.78 is 48.1. The molecule has 0 bridgehead atoms. The van der Waals surface area contributed by atoms with E-state index in [1.165, 1.54) is 12.3 Å². The molecule has 4 heterocycles. The zero-order chi connectivity index (χ0) is 26.9. The zero-order valence-electron chi connectivity index (χ0n) is 20.6. The van der Waals surface area contributed by atoms with Gasteiger partial charge in [0.1, 0.15) is 11.8 Å². The van der Waals surface area contributed by atoms with Gasteiger partial charge in [-0.1, -0.05) is 30.3 Å². The third-order valence-electron chi connectivity index (χ3n) is 6.55. The molecular weight excluding hydrogens is 499 g/mol. The minimum atomic E-state index is -4.67. The van der Waals surface area contributed by atoms with Gasteiger partial charge < -0.3 is 15.8 Å². The van der Waals surface area contributed by atoms with E-state index in [-0.39, 0.29) is 34.6 Å². The maximum atomic E-state index is 13.7. The second-order valence-corrected chi connectivity index (χ2v) is 9.03. The first-order valence-electron chi connectivity index (χ1n) is 12.1. The predicted octanol–water partition coefficient (Wildman–Crippen LogP) is 3.50. The summed E-state index contributed by atoms with van der Waals surface area (Å²) in [5.74, 6) is -0.662. The molecule has 0 radical (unpaired) electrons. The smallest absolute Gasteiger partial charge is 0.382 e. The van der Waals surface area contributed by atoms with E-state index in [2.05, 4.69) is 25.3 Å². The summed E-state index contributed by atoms with van der Waals surface area (Å²) in [4.78, 5) is 23.2. The van der Waals surface area contributed by atoms with Gasteiger partial charge in [0.15, 0.2) is 5.82 Å². The van der Waals surface area contributed by atoms with Gasteiger partial charge in [0.25, 0.3) is 5.91 Å². The molecule has 0 spiro atoms. The number of alkyl halides is 3. The van der Waals surface area contributed by atoms with Crippen LogP contribution in [-0.4, -0.2) is 63.2 Å². The van der Waals surface area contributed by atoms with Gasteiger partial charge in [0, 0.05) is 37.9 Å². The van der Waals surface area contributed by atoms with Crippen LogP contribution in [0.2, 0.25) is 0 Å². The highest BCUT2D eigenvalue weighted by Gasteiger charge is 2.36. The van der Waals surface area contributed by atoms with Crippen LogP contribution in [0.1, 0.15) is 33.3 Å². The third-order valence-corrected chi connectivity index (χ3v) is 6.55. The van der Waals surface area contributed by atoms with Crippen molar-refractivity contribution in [1.29, 1.82) is 0 Å². The van der Waals surface area contributed by atoms with Crippen LogP contribution in [0.4, 0.5) is 19.0 Å². The summed E-state index contributed by atoms with van der Waals surface area (Å²) in [7, 11) is 0. The molecule has 1 aromatic carbocycles. The number of hydrogen-bond acceptors (Lipinski definition) is 7. The number of halogens is 3. The molecule has 38 heavy (non-hydrogen) atoms. The molecule has 0 aliphatic carbocycles. The summed E-state index contributed by atoms with van der Waals surface area (Å²) in [5, 5.41) is 6.86. The molecule has 1 aliphatic rings. The largest absolute Gasteiger partial charge is 0.418 e. The van der Waals surface area contributed by atoms with Crippen molar-refractivity contribution in [2.45, 2.75) is 19.2 Å². The molecule has 1 fully saturated rings. The fourth-order valence-corrected chi connectivity index (χ4v) is 4.59. The highest BCUT2D eigenvalue weighted by atomic mass is 19.4. The molecule has 3 N–H and O–H groups in total. The van der Waals surface area contributed by atoms with Gasteiger partial charge in [-0.05, 0) is 24.6 Å². The number of nitrogens with one attached hydrogen (secondary N) is 1. The standard InChI is InChI=1S/C26H26F3N7O2/c1-16-19(25(37)31-7-8-35-9-10-38-22(14-35)17-5-3-2-4-6-17)11-18(13-32-16)21-12-20(26(27,28)29)23-24(30)33-15-34-36(21)23/h2-6,11-13,15,22H,7-10,14H2,1H3,(H,31,37)(H2,30,33,34). The average molecular weight is 526 g/mol. The zero-order valence-corrected chi connectivity index (χ0v) is 20.6. The van der Waals surface area contributed by atoms with Crippen molar-refractivity contribution in [2.24, 2.45) is 0 Å². The lowest BCUT2D eigenvalue weighted by Gasteiger charge is -2.33.